The fourth-order valence-corrected chi connectivity index (χ4v) is 2.26. The van der Waals surface area contributed by atoms with Gasteiger partial charge in [0.1, 0.15) is 17.4 Å². The number of carbonyl (C=O) groups is 2. The minimum Gasteiger partial charge on any atom is -0.507 e. The first kappa shape index (κ1) is 25.7. The zero-order valence-electron chi connectivity index (χ0n) is 17.5. The lowest BCUT2D eigenvalue weighted by Gasteiger charge is -2.16. The minimum atomic E-state index is -1.26. The molecule has 0 bridgehead atoms. The van der Waals surface area contributed by atoms with Crippen molar-refractivity contribution in [3.8, 4) is 5.75 Å². The number of allylic oxidation sites excluding steroid dienone is 2. The number of carbonyl (C=O) groups excluding carboxylic acids is 1. The van der Waals surface area contributed by atoms with Gasteiger partial charge in [-0.1, -0.05) is 46.3 Å². The summed E-state index contributed by atoms with van der Waals surface area (Å²) in [6, 6.07) is 3.92. The van der Waals surface area contributed by atoms with Gasteiger partial charge in [-0.15, -0.1) is 0 Å². The lowest BCUT2D eigenvalue weighted by molar-refractivity contribution is -0.127. The molecule has 0 heterocycles. The Hall–Kier alpha value is -2.34. The van der Waals surface area contributed by atoms with Crippen LogP contribution in [-0.2, 0) is 9.53 Å². The normalized spacial score (nSPS) is 11.6. The number of amides is 1. The van der Waals surface area contributed by atoms with Crippen LogP contribution in [0, 0.1) is 0 Å². The average Bonchev–Trinajstić information content (AvgIpc) is 2.66. The fourth-order valence-electron chi connectivity index (χ4n) is 2.26. The maximum atomic E-state index is 12.3. The average molecular weight is 394 g/mol. The van der Waals surface area contributed by atoms with Crippen molar-refractivity contribution < 1.29 is 24.5 Å². The van der Waals surface area contributed by atoms with Gasteiger partial charge >= 0.3 is 5.97 Å². The number of aromatic carboxylic acids is 1. The SMILES string of the molecule is CC/C=C\CCCCO[C@@H](CC)C(=O)Nc1ccc(O)c(C(=O)O)c1.CCC. The van der Waals surface area contributed by atoms with Crippen LogP contribution in [0.25, 0.3) is 0 Å². The van der Waals surface area contributed by atoms with Crippen molar-refractivity contribution in [3.63, 3.8) is 0 Å². The predicted octanol–water partition coefficient (Wildman–Crippen LogP) is 5.38. The molecule has 1 atom stereocenters. The lowest BCUT2D eigenvalue weighted by atomic mass is 10.1. The number of nitrogens with one attached hydrogen (secondary N) is 1. The van der Waals surface area contributed by atoms with Crippen LogP contribution in [0.2, 0.25) is 0 Å². The van der Waals surface area contributed by atoms with Crippen molar-refractivity contribution in [2.75, 3.05) is 11.9 Å². The third-order valence-electron chi connectivity index (χ3n) is 3.64. The van der Waals surface area contributed by atoms with E-state index in [1.807, 2.05) is 6.92 Å². The maximum Gasteiger partial charge on any atom is 0.339 e. The second kappa shape index (κ2) is 15.7. The highest BCUT2D eigenvalue weighted by Crippen LogP contribution is 2.21. The molecule has 1 aromatic rings. The molecule has 0 saturated carbocycles. The zero-order valence-corrected chi connectivity index (χ0v) is 17.5. The van der Waals surface area contributed by atoms with Crippen LogP contribution in [0.3, 0.4) is 0 Å². The number of hydrogen-bond acceptors (Lipinski definition) is 4. The van der Waals surface area contributed by atoms with Gasteiger partial charge in [0.25, 0.3) is 5.91 Å². The first-order valence-corrected chi connectivity index (χ1v) is 10.0. The second-order valence-electron chi connectivity index (χ2n) is 6.38. The van der Waals surface area contributed by atoms with Crippen LogP contribution in [0.4, 0.5) is 5.69 Å². The van der Waals surface area contributed by atoms with Crippen LogP contribution in [-0.4, -0.2) is 34.8 Å². The Kier molecular flexibility index (Phi) is 14.4. The molecular weight excluding hydrogens is 358 g/mol. The third kappa shape index (κ3) is 10.7. The summed E-state index contributed by atoms with van der Waals surface area (Å²) in [4.78, 5) is 23.3. The van der Waals surface area contributed by atoms with Crippen LogP contribution in [0.5, 0.6) is 5.75 Å². The third-order valence-corrected chi connectivity index (χ3v) is 3.64. The van der Waals surface area contributed by atoms with Gasteiger partial charge in [0.2, 0.25) is 0 Å². The topological polar surface area (TPSA) is 95.9 Å². The highest BCUT2D eigenvalue weighted by Gasteiger charge is 2.18. The molecule has 0 aliphatic heterocycles. The quantitative estimate of drug-likeness (QED) is 0.267. The Morgan fingerprint density at radius 2 is 1.82 bits per heavy atom. The molecule has 0 spiro atoms. The number of rotatable bonds is 11. The van der Waals surface area contributed by atoms with Crippen LogP contribution in [0.1, 0.15) is 76.6 Å². The smallest absolute Gasteiger partial charge is 0.339 e. The molecule has 28 heavy (non-hydrogen) atoms. The van der Waals surface area contributed by atoms with E-state index in [-0.39, 0.29) is 17.2 Å². The van der Waals surface area contributed by atoms with Gasteiger partial charge in [-0.2, -0.15) is 0 Å². The maximum absolute atomic E-state index is 12.3. The summed E-state index contributed by atoms with van der Waals surface area (Å²) in [5, 5.41) is 21.1. The predicted molar refractivity (Wildman–Crippen MR) is 113 cm³/mol. The summed E-state index contributed by atoms with van der Waals surface area (Å²) in [6.45, 7) is 8.70. The monoisotopic (exact) mass is 393 g/mol. The second-order valence-corrected chi connectivity index (χ2v) is 6.38. The number of hydrogen-bond donors (Lipinski definition) is 3. The van der Waals surface area contributed by atoms with Crippen molar-refractivity contribution in [3.05, 3.63) is 35.9 Å². The number of carboxylic acids is 1. The number of anilines is 1. The molecule has 0 unspecified atom stereocenters. The number of unbranched alkanes of at least 4 members (excludes halogenated alkanes) is 2. The number of phenols is 1. The van der Waals surface area contributed by atoms with E-state index in [2.05, 4.69) is 38.2 Å². The van der Waals surface area contributed by atoms with E-state index in [0.717, 1.165) is 25.7 Å². The first-order chi connectivity index (χ1) is 13.4. The molecule has 0 aliphatic rings. The lowest BCUT2D eigenvalue weighted by Crippen LogP contribution is -2.30. The summed E-state index contributed by atoms with van der Waals surface area (Å²) >= 11 is 0. The Morgan fingerprint density at radius 3 is 2.39 bits per heavy atom. The van der Waals surface area contributed by atoms with Gasteiger partial charge in [-0.25, -0.2) is 4.79 Å². The molecule has 0 aliphatic carbocycles. The molecular formula is C22H35NO5. The van der Waals surface area contributed by atoms with Crippen molar-refractivity contribution in [1.29, 1.82) is 0 Å². The number of benzene rings is 1. The number of aromatic hydroxyl groups is 1. The molecule has 0 saturated heterocycles. The molecule has 0 fully saturated rings. The van der Waals surface area contributed by atoms with Crippen molar-refractivity contribution >= 4 is 17.6 Å². The first-order valence-electron chi connectivity index (χ1n) is 10.0. The largest absolute Gasteiger partial charge is 0.507 e. The van der Waals surface area contributed by atoms with Crippen molar-refractivity contribution in [1.82, 2.24) is 0 Å². The van der Waals surface area contributed by atoms with Gasteiger partial charge < -0.3 is 20.3 Å². The van der Waals surface area contributed by atoms with Crippen LogP contribution < -0.4 is 5.32 Å². The highest BCUT2D eigenvalue weighted by atomic mass is 16.5. The van der Waals surface area contributed by atoms with Crippen LogP contribution >= 0.6 is 0 Å². The van der Waals surface area contributed by atoms with E-state index in [1.165, 1.54) is 24.6 Å². The summed E-state index contributed by atoms with van der Waals surface area (Å²) in [6.07, 6.45) is 9.38. The van der Waals surface area contributed by atoms with Crippen molar-refractivity contribution in [2.24, 2.45) is 0 Å². The summed E-state index contributed by atoms with van der Waals surface area (Å²) in [7, 11) is 0. The molecule has 1 amide bonds. The van der Waals surface area contributed by atoms with Gasteiger partial charge in [0, 0.05) is 12.3 Å². The van der Waals surface area contributed by atoms with Gasteiger partial charge in [0.05, 0.1) is 0 Å². The van der Waals surface area contributed by atoms with Crippen molar-refractivity contribution in [2.45, 2.75) is 72.3 Å². The van der Waals surface area contributed by atoms with E-state index in [1.54, 1.807) is 0 Å². The Morgan fingerprint density at radius 1 is 1.14 bits per heavy atom. The van der Waals surface area contributed by atoms with E-state index >= 15 is 0 Å². The molecule has 3 N–H and O–H groups in total. The van der Waals surface area contributed by atoms with E-state index in [9.17, 15) is 14.7 Å². The number of carboxylic acid groups (broad SMARTS) is 1. The van der Waals surface area contributed by atoms with Crippen LogP contribution in [0.15, 0.2) is 30.4 Å². The molecule has 1 aromatic carbocycles. The standard InChI is InChI=1S/C19H27NO5.C3H8/c1-3-5-6-7-8-9-12-25-17(4-2)18(22)20-14-10-11-16(21)15(13-14)19(23)24;1-3-2/h5-6,10-11,13,17,21H,3-4,7-9,12H2,1-2H3,(H,20,22)(H,23,24);3H2,1-2H3/b6-5-;/t17-;/m0./s1. The molecule has 1 rings (SSSR count). The summed E-state index contributed by atoms with van der Waals surface area (Å²) in [5.41, 5.74) is 0.0545. The molecule has 0 radical (unpaired) electrons. The van der Waals surface area contributed by atoms with Gasteiger partial charge in [-0.3, -0.25) is 4.79 Å². The summed E-state index contributed by atoms with van der Waals surface area (Å²) in [5.74, 6) is -1.92. The molecule has 6 heteroatoms. The molecule has 158 valence electrons. The Balaban J connectivity index is 0.00000227. The zero-order chi connectivity index (χ0) is 21.4. The molecule has 6 nitrogen and oxygen atoms in total. The fraction of sp³-hybridized carbons (Fsp3) is 0.545. The van der Waals surface area contributed by atoms with Gasteiger partial charge in [0.15, 0.2) is 0 Å². The Bertz CT molecular complexity index is 613. The summed E-state index contributed by atoms with van der Waals surface area (Å²) < 4.78 is 5.63. The van der Waals surface area contributed by atoms with E-state index in [0.29, 0.717) is 18.7 Å². The number of ether oxygens (including phenoxy) is 1. The molecule has 0 aromatic heterocycles. The highest BCUT2D eigenvalue weighted by molar-refractivity contribution is 5.97. The van der Waals surface area contributed by atoms with E-state index < -0.39 is 12.1 Å². The minimum absolute atomic E-state index is 0.257. The Labute approximate surface area is 168 Å². The van der Waals surface area contributed by atoms with Gasteiger partial charge in [-0.05, 0) is 50.3 Å². The van der Waals surface area contributed by atoms with E-state index in [4.69, 9.17) is 9.84 Å².